The molecule has 1 N–H and O–H groups in total. The van der Waals surface area contributed by atoms with Crippen molar-refractivity contribution in [3.05, 3.63) is 12.2 Å². The van der Waals surface area contributed by atoms with Crippen molar-refractivity contribution in [3.63, 3.8) is 0 Å². The maximum Gasteiger partial charge on any atom is 0.146 e. The molecule has 16 heavy (non-hydrogen) atoms. The maximum atomic E-state index is 4.10. The first-order chi connectivity index (χ1) is 7.77. The van der Waals surface area contributed by atoms with Gasteiger partial charge in [0.05, 0.1) is 6.54 Å². The predicted octanol–water partition coefficient (Wildman–Crippen LogP) is 1.87. The van der Waals surface area contributed by atoms with Crippen molar-refractivity contribution >= 4 is 0 Å². The number of nitrogens with zero attached hydrogens (tertiary/aromatic N) is 3. The van der Waals surface area contributed by atoms with Gasteiger partial charge in [0.15, 0.2) is 0 Å². The number of nitrogens with one attached hydrogen (secondary N) is 1. The van der Waals surface area contributed by atoms with Gasteiger partial charge in [0.1, 0.15) is 12.2 Å². The van der Waals surface area contributed by atoms with Crippen LogP contribution in [-0.2, 0) is 13.6 Å². The van der Waals surface area contributed by atoms with E-state index in [0.29, 0.717) is 6.04 Å². The summed E-state index contributed by atoms with van der Waals surface area (Å²) in [5.74, 6) is 1.81. The third kappa shape index (κ3) is 2.82. The molecule has 4 nitrogen and oxygen atoms in total. The van der Waals surface area contributed by atoms with Gasteiger partial charge in [-0.15, -0.1) is 10.2 Å². The molecule has 2 rings (SSSR count). The van der Waals surface area contributed by atoms with E-state index in [1.54, 1.807) is 6.33 Å². The van der Waals surface area contributed by atoms with E-state index in [0.717, 1.165) is 18.3 Å². The van der Waals surface area contributed by atoms with Crippen LogP contribution in [0.25, 0.3) is 0 Å². The molecule has 1 aromatic heterocycles. The molecule has 0 amide bonds. The van der Waals surface area contributed by atoms with Crippen LogP contribution in [0.1, 0.15) is 44.9 Å². The lowest BCUT2D eigenvalue weighted by atomic mass is 9.97. The molecule has 0 aromatic carbocycles. The van der Waals surface area contributed by atoms with E-state index in [1.165, 1.54) is 32.1 Å². The highest BCUT2D eigenvalue weighted by molar-refractivity contribution is 4.86. The van der Waals surface area contributed by atoms with E-state index in [9.17, 15) is 0 Å². The summed E-state index contributed by atoms with van der Waals surface area (Å²) in [7, 11) is 1.99. The van der Waals surface area contributed by atoms with Crippen molar-refractivity contribution < 1.29 is 0 Å². The van der Waals surface area contributed by atoms with Crippen molar-refractivity contribution in [2.75, 3.05) is 0 Å². The minimum absolute atomic E-state index is 0.652. The lowest BCUT2D eigenvalue weighted by Crippen LogP contribution is -2.34. The average molecular weight is 222 g/mol. The Labute approximate surface area is 97.5 Å². The molecular formula is C12H22N4. The monoisotopic (exact) mass is 222 g/mol. The molecular weight excluding hydrogens is 200 g/mol. The number of hydrogen-bond acceptors (Lipinski definition) is 3. The summed E-state index contributed by atoms with van der Waals surface area (Å²) in [4.78, 5) is 0. The molecule has 0 aliphatic heterocycles. The summed E-state index contributed by atoms with van der Waals surface area (Å²) in [6, 6.07) is 0.652. The molecule has 0 bridgehead atoms. The van der Waals surface area contributed by atoms with E-state index < -0.39 is 0 Å². The molecule has 1 aromatic rings. The first kappa shape index (κ1) is 11.6. The normalized spacial score (nSPS) is 26.6. The molecule has 4 heteroatoms. The van der Waals surface area contributed by atoms with Crippen molar-refractivity contribution in [3.8, 4) is 0 Å². The van der Waals surface area contributed by atoms with Crippen LogP contribution in [0.2, 0.25) is 0 Å². The summed E-state index contributed by atoms with van der Waals surface area (Å²) in [6.07, 6.45) is 8.57. The fraction of sp³-hybridized carbons (Fsp3) is 0.833. The van der Waals surface area contributed by atoms with Gasteiger partial charge in [0.25, 0.3) is 0 Å². The van der Waals surface area contributed by atoms with Gasteiger partial charge in [0, 0.05) is 13.1 Å². The fourth-order valence-electron chi connectivity index (χ4n) is 2.49. The molecule has 1 heterocycles. The summed E-state index contributed by atoms with van der Waals surface area (Å²) in [5.41, 5.74) is 0. The molecule has 0 radical (unpaired) electrons. The lowest BCUT2D eigenvalue weighted by Gasteiger charge is -2.22. The Morgan fingerprint density at radius 1 is 1.38 bits per heavy atom. The fourth-order valence-corrected chi connectivity index (χ4v) is 2.49. The third-order valence-corrected chi connectivity index (χ3v) is 3.69. The zero-order valence-electron chi connectivity index (χ0n) is 10.3. The first-order valence-electron chi connectivity index (χ1n) is 6.33. The van der Waals surface area contributed by atoms with Gasteiger partial charge >= 0.3 is 0 Å². The molecule has 1 aliphatic rings. The van der Waals surface area contributed by atoms with E-state index in [-0.39, 0.29) is 0 Å². The van der Waals surface area contributed by atoms with Gasteiger partial charge in [-0.3, -0.25) is 0 Å². The van der Waals surface area contributed by atoms with Crippen LogP contribution in [0, 0.1) is 5.92 Å². The Morgan fingerprint density at radius 3 is 2.94 bits per heavy atom. The molecule has 2 unspecified atom stereocenters. The summed E-state index contributed by atoms with van der Waals surface area (Å²) in [6.45, 7) is 3.20. The highest BCUT2D eigenvalue weighted by Crippen LogP contribution is 2.23. The van der Waals surface area contributed by atoms with Gasteiger partial charge in [-0.05, 0) is 18.8 Å². The van der Waals surface area contributed by atoms with E-state index in [2.05, 4.69) is 22.4 Å². The first-order valence-corrected chi connectivity index (χ1v) is 6.33. The Hall–Kier alpha value is -0.900. The van der Waals surface area contributed by atoms with Gasteiger partial charge in [0.2, 0.25) is 0 Å². The Morgan fingerprint density at radius 2 is 2.19 bits per heavy atom. The van der Waals surface area contributed by atoms with Crippen molar-refractivity contribution in [1.82, 2.24) is 20.1 Å². The molecule has 0 spiro atoms. The van der Waals surface area contributed by atoms with Crippen LogP contribution in [0.15, 0.2) is 6.33 Å². The molecule has 1 fully saturated rings. The zero-order valence-corrected chi connectivity index (χ0v) is 10.3. The molecule has 90 valence electrons. The van der Waals surface area contributed by atoms with Gasteiger partial charge in [-0.2, -0.15) is 0 Å². The second kappa shape index (κ2) is 5.43. The minimum Gasteiger partial charge on any atom is -0.320 e. The van der Waals surface area contributed by atoms with Crippen LogP contribution < -0.4 is 5.32 Å². The molecule has 1 saturated carbocycles. The second-order valence-electron chi connectivity index (χ2n) is 4.96. The van der Waals surface area contributed by atoms with E-state index in [4.69, 9.17) is 0 Å². The third-order valence-electron chi connectivity index (χ3n) is 3.69. The lowest BCUT2D eigenvalue weighted by molar-refractivity contribution is 0.351. The van der Waals surface area contributed by atoms with Crippen LogP contribution >= 0.6 is 0 Å². The largest absolute Gasteiger partial charge is 0.320 e. The number of rotatable bonds is 3. The van der Waals surface area contributed by atoms with Crippen LogP contribution in [0.3, 0.4) is 0 Å². The topological polar surface area (TPSA) is 42.7 Å². The van der Waals surface area contributed by atoms with Gasteiger partial charge in [-0.1, -0.05) is 26.2 Å². The SMILES string of the molecule is CC1CCCCCC1NCc1nncn1C. The van der Waals surface area contributed by atoms with Crippen molar-refractivity contribution in [1.29, 1.82) is 0 Å². The van der Waals surface area contributed by atoms with Crippen LogP contribution in [-0.4, -0.2) is 20.8 Å². The highest BCUT2D eigenvalue weighted by Gasteiger charge is 2.19. The molecule has 1 aliphatic carbocycles. The smallest absolute Gasteiger partial charge is 0.146 e. The molecule has 0 saturated heterocycles. The zero-order chi connectivity index (χ0) is 11.4. The Balaban J connectivity index is 1.86. The average Bonchev–Trinajstić information content (AvgIpc) is 2.56. The summed E-state index contributed by atoms with van der Waals surface area (Å²) >= 11 is 0. The van der Waals surface area contributed by atoms with Crippen LogP contribution in [0.4, 0.5) is 0 Å². The standard InChI is InChI=1S/C12H22N4/c1-10-6-4-3-5-7-11(10)13-8-12-15-14-9-16(12)2/h9-11,13H,3-8H2,1-2H3. The van der Waals surface area contributed by atoms with Crippen molar-refractivity contribution in [2.24, 2.45) is 13.0 Å². The van der Waals surface area contributed by atoms with E-state index >= 15 is 0 Å². The minimum atomic E-state index is 0.652. The molecule has 2 atom stereocenters. The Kier molecular flexibility index (Phi) is 3.93. The second-order valence-corrected chi connectivity index (χ2v) is 4.96. The summed E-state index contributed by atoms with van der Waals surface area (Å²) in [5, 5.41) is 11.6. The Bertz CT molecular complexity index is 321. The number of aryl methyl sites for hydroxylation is 1. The predicted molar refractivity (Wildman–Crippen MR) is 63.9 cm³/mol. The maximum absolute atomic E-state index is 4.10. The van der Waals surface area contributed by atoms with E-state index in [1.807, 2.05) is 11.6 Å². The van der Waals surface area contributed by atoms with Crippen molar-refractivity contribution in [2.45, 2.75) is 51.6 Å². The summed E-state index contributed by atoms with van der Waals surface area (Å²) < 4.78 is 1.98. The highest BCUT2D eigenvalue weighted by atomic mass is 15.3. The number of aromatic nitrogens is 3. The number of hydrogen-bond donors (Lipinski definition) is 1. The van der Waals surface area contributed by atoms with Gasteiger partial charge in [-0.25, -0.2) is 0 Å². The van der Waals surface area contributed by atoms with Gasteiger partial charge < -0.3 is 9.88 Å². The quantitative estimate of drug-likeness (QED) is 0.794. The van der Waals surface area contributed by atoms with Crippen LogP contribution in [0.5, 0.6) is 0 Å².